The number of aromatic nitrogens is 2. The first-order valence-electron chi connectivity index (χ1n) is 4.66. The van der Waals surface area contributed by atoms with Crippen molar-refractivity contribution >= 4 is 21.7 Å². The Labute approximate surface area is 96.5 Å². The van der Waals surface area contributed by atoms with Gasteiger partial charge in [-0.1, -0.05) is 0 Å². The third-order valence-electron chi connectivity index (χ3n) is 2.22. The number of hydrogen-bond acceptors (Lipinski definition) is 3. The van der Waals surface area contributed by atoms with Gasteiger partial charge in [0.1, 0.15) is 5.78 Å². The normalized spacial score (nSPS) is 10.4. The average Bonchev–Trinajstić information content (AvgIpc) is 2.14. The Morgan fingerprint density at radius 2 is 2.07 bits per heavy atom. The van der Waals surface area contributed by atoms with E-state index in [0.29, 0.717) is 18.7 Å². The molecule has 0 bridgehead atoms. The van der Waals surface area contributed by atoms with Gasteiger partial charge in [0.05, 0.1) is 10.2 Å². The molecule has 1 heterocycles. The summed E-state index contributed by atoms with van der Waals surface area (Å²) >= 11 is 3.36. The lowest BCUT2D eigenvalue weighted by molar-refractivity contribution is -0.117. The molecule has 5 heteroatoms. The van der Waals surface area contributed by atoms with Crippen LogP contribution in [0.2, 0.25) is 0 Å². The number of Topliss-reactive ketones (excluding diaryl/α,β-unsaturated/α-hetero) is 1. The molecule has 0 aromatic carbocycles. The predicted octanol–water partition coefficient (Wildman–Crippen LogP) is 1.60. The van der Waals surface area contributed by atoms with Crippen molar-refractivity contribution < 1.29 is 4.79 Å². The molecular formula is C10H13BrN2O2. The van der Waals surface area contributed by atoms with Crippen LogP contribution in [-0.4, -0.2) is 15.3 Å². The van der Waals surface area contributed by atoms with E-state index in [1.54, 1.807) is 6.92 Å². The van der Waals surface area contributed by atoms with E-state index in [4.69, 9.17) is 0 Å². The van der Waals surface area contributed by atoms with E-state index in [9.17, 15) is 9.59 Å². The standard InChI is InChI=1S/C10H13BrN2O2/c1-6(14)4-5-13-8(3)9(11)7(2)12-10(13)15/h4-5H2,1-3H3. The molecule has 0 N–H and O–H groups in total. The van der Waals surface area contributed by atoms with Crippen LogP contribution in [0.5, 0.6) is 0 Å². The van der Waals surface area contributed by atoms with Gasteiger partial charge in [0.2, 0.25) is 0 Å². The molecule has 0 radical (unpaired) electrons. The number of rotatable bonds is 3. The summed E-state index contributed by atoms with van der Waals surface area (Å²) in [5, 5.41) is 0. The third kappa shape index (κ3) is 2.75. The molecule has 0 atom stereocenters. The first-order valence-corrected chi connectivity index (χ1v) is 5.45. The fourth-order valence-electron chi connectivity index (χ4n) is 1.31. The van der Waals surface area contributed by atoms with Crippen LogP contribution in [0.3, 0.4) is 0 Å². The molecule has 0 amide bonds. The van der Waals surface area contributed by atoms with Crippen molar-refractivity contribution in [2.75, 3.05) is 0 Å². The van der Waals surface area contributed by atoms with Crippen LogP contribution < -0.4 is 5.69 Å². The maximum absolute atomic E-state index is 11.5. The van der Waals surface area contributed by atoms with E-state index < -0.39 is 0 Å². The second-order valence-corrected chi connectivity index (χ2v) is 4.28. The van der Waals surface area contributed by atoms with Crippen LogP contribution in [0.4, 0.5) is 0 Å². The van der Waals surface area contributed by atoms with E-state index in [1.807, 2.05) is 6.92 Å². The van der Waals surface area contributed by atoms with Crippen LogP contribution in [0.15, 0.2) is 9.27 Å². The van der Waals surface area contributed by atoms with Crippen LogP contribution in [0.1, 0.15) is 24.7 Å². The Bertz CT molecular complexity index is 451. The van der Waals surface area contributed by atoms with E-state index in [0.717, 1.165) is 10.2 Å². The van der Waals surface area contributed by atoms with E-state index in [2.05, 4.69) is 20.9 Å². The predicted molar refractivity (Wildman–Crippen MR) is 61.0 cm³/mol. The minimum atomic E-state index is -0.297. The molecule has 0 fully saturated rings. The molecule has 15 heavy (non-hydrogen) atoms. The summed E-state index contributed by atoms with van der Waals surface area (Å²) in [6.45, 7) is 5.51. The summed E-state index contributed by atoms with van der Waals surface area (Å²) in [6, 6.07) is 0. The van der Waals surface area contributed by atoms with E-state index >= 15 is 0 Å². The van der Waals surface area contributed by atoms with Crippen LogP contribution in [0, 0.1) is 13.8 Å². The summed E-state index contributed by atoms with van der Waals surface area (Å²) < 4.78 is 2.34. The lowest BCUT2D eigenvalue weighted by Gasteiger charge is -2.10. The molecule has 0 unspecified atom stereocenters. The Kier molecular flexibility index (Phi) is 3.79. The van der Waals surface area contributed by atoms with Crippen LogP contribution >= 0.6 is 15.9 Å². The largest absolute Gasteiger partial charge is 0.348 e. The molecule has 0 aliphatic carbocycles. The smallest absolute Gasteiger partial charge is 0.300 e. The second-order valence-electron chi connectivity index (χ2n) is 3.48. The monoisotopic (exact) mass is 272 g/mol. The van der Waals surface area contributed by atoms with Crippen molar-refractivity contribution in [1.29, 1.82) is 0 Å². The summed E-state index contributed by atoms with van der Waals surface area (Å²) in [5.74, 6) is 0.0676. The molecule has 0 aliphatic heterocycles. The van der Waals surface area contributed by atoms with Crippen molar-refractivity contribution in [3.05, 3.63) is 26.3 Å². The van der Waals surface area contributed by atoms with Crippen molar-refractivity contribution in [3.63, 3.8) is 0 Å². The first kappa shape index (κ1) is 12.1. The van der Waals surface area contributed by atoms with Crippen molar-refractivity contribution in [2.24, 2.45) is 0 Å². The molecule has 1 aromatic heterocycles. The molecule has 4 nitrogen and oxygen atoms in total. The van der Waals surface area contributed by atoms with Crippen molar-refractivity contribution in [3.8, 4) is 0 Å². The zero-order chi connectivity index (χ0) is 11.6. The molecule has 0 aliphatic rings. The highest BCUT2D eigenvalue weighted by Crippen LogP contribution is 2.16. The molecule has 1 rings (SSSR count). The van der Waals surface area contributed by atoms with Crippen LogP contribution in [-0.2, 0) is 11.3 Å². The zero-order valence-electron chi connectivity index (χ0n) is 9.00. The minimum Gasteiger partial charge on any atom is -0.300 e. The average molecular weight is 273 g/mol. The fraction of sp³-hybridized carbons (Fsp3) is 0.500. The maximum Gasteiger partial charge on any atom is 0.348 e. The maximum atomic E-state index is 11.5. The topological polar surface area (TPSA) is 52.0 Å². The molecule has 0 saturated heterocycles. The van der Waals surface area contributed by atoms with E-state index in [1.165, 1.54) is 11.5 Å². The number of carbonyl (C=O) groups is 1. The van der Waals surface area contributed by atoms with Crippen molar-refractivity contribution in [1.82, 2.24) is 9.55 Å². The Morgan fingerprint density at radius 3 is 2.60 bits per heavy atom. The number of ketones is 1. The van der Waals surface area contributed by atoms with Gasteiger partial charge in [-0.3, -0.25) is 9.36 Å². The summed E-state index contributed by atoms with van der Waals surface area (Å²) in [7, 11) is 0. The van der Waals surface area contributed by atoms with Gasteiger partial charge in [-0.15, -0.1) is 0 Å². The highest BCUT2D eigenvalue weighted by atomic mass is 79.9. The Morgan fingerprint density at radius 1 is 1.47 bits per heavy atom. The van der Waals surface area contributed by atoms with Gasteiger partial charge in [-0.2, -0.15) is 4.98 Å². The SMILES string of the molecule is CC(=O)CCn1c(C)c(Br)c(C)nc1=O. The highest BCUT2D eigenvalue weighted by Gasteiger charge is 2.09. The number of aryl methyl sites for hydroxylation is 1. The van der Waals surface area contributed by atoms with E-state index in [-0.39, 0.29) is 11.5 Å². The van der Waals surface area contributed by atoms with Gasteiger partial charge in [-0.05, 0) is 36.7 Å². The minimum absolute atomic E-state index is 0.0676. The lowest BCUT2D eigenvalue weighted by atomic mass is 10.3. The molecule has 0 saturated carbocycles. The number of halogens is 1. The molecular weight excluding hydrogens is 260 g/mol. The Balaban J connectivity index is 3.13. The van der Waals surface area contributed by atoms with Gasteiger partial charge in [0.25, 0.3) is 0 Å². The van der Waals surface area contributed by atoms with Gasteiger partial charge in [0.15, 0.2) is 0 Å². The summed E-state index contributed by atoms with van der Waals surface area (Å²) in [5.41, 5.74) is 1.19. The van der Waals surface area contributed by atoms with Gasteiger partial charge >= 0.3 is 5.69 Å². The zero-order valence-corrected chi connectivity index (χ0v) is 10.6. The number of hydrogen-bond donors (Lipinski definition) is 0. The summed E-state index contributed by atoms with van der Waals surface area (Å²) in [6.07, 6.45) is 0.359. The number of nitrogens with zero attached hydrogens (tertiary/aromatic N) is 2. The number of carbonyl (C=O) groups excluding carboxylic acids is 1. The van der Waals surface area contributed by atoms with Gasteiger partial charge in [0, 0.05) is 18.7 Å². The van der Waals surface area contributed by atoms with Gasteiger partial charge < -0.3 is 0 Å². The lowest BCUT2D eigenvalue weighted by Crippen LogP contribution is -2.27. The second kappa shape index (κ2) is 4.70. The molecule has 82 valence electrons. The van der Waals surface area contributed by atoms with Crippen molar-refractivity contribution in [2.45, 2.75) is 33.7 Å². The fourth-order valence-corrected chi connectivity index (χ4v) is 1.61. The Hall–Kier alpha value is -0.970. The highest BCUT2D eigenvalue weighted by molar-refractivity contribution is 9.10. The van der Waals surface area contributed by atoms with Crippen LogP contribution in [0.25, 0.3) is 0 Å². The molecule has 1 aromatic rings. The van der Waals surface area contributed by atoms with Gasteiger partial charge in [-0.25, -0.2) is 4.79 Å². The molecule has 0 spiro atoms. The quantitative estimate of drug-likeness (QED) is 0.840. The first-order chi connectivity index (χ1) is 6.93. The summed E-state index contributed by atoms with van der Waals surface area (Å²) in [4.78, 5) is 26.3. The third-order valence-corrected chi connectivity index (χ3v) is 3.37.